The van der Waals surface area contributed by atoms with E-state index in [1.807, 2.05) is 60.7 Å². The van der Waals surface area contributed by atoms with Crippen LogP contribution >= 0.6 is 46.1 Å². The van der Waals surface area contributed by atoms with E-state index in [-0.39, 0.29) is 18.8 Å². The van der Waals surface area contributed by atoms with Crippen LogP contribution in [0.15, 0.2) is 100 Å². The summed E-state index contributed by atoms with van der Waals surface area (Å²) in [5.74, 6) is 0.503. The molecule has 7 nitrogen and oxygen atoms in total. The monoisotopic (exact) mass is 746 g/mol. The number of halogens is 3. The van der Waals surface area contributed by atoms with Gasteiger partial charge in [-0.2, -0.15) is 0 Å². The predicted octanol–water partition coefficient (Wildman–Crippen LogP) is 8.61. The zero-order chi connectivity index (χ0) is 35.5. The Hall–Kier alpha value is -4.34. The molecule has 5 aromatic rings. The lowest BCUT2D eigenvalue weighted by Gasteiger charge is -2.26. The fourth-order valence-corrected chi connectivity index (χ4v) is 7.31. The van der Waals surface area contributed by atoms with Gasteiger partial charge in [0.15, 0.2) is 16.3 Å². The molecule has 0 fully saturated rings. The molecule has 1 aromatic heterocycles. The molecule has 0 amide bonds. The number of thiazole rings is 1. The van der Waals surface area contributed by atoms with E-state index in [4.69, 9.17) is 54.0 Å². The number of hydrogen-bond acceptors (Lipinski definition) is 7. The number of carbonyl (C=O) groups excluding carboxylic acids is 1. The van der Waals surface area contributed by atoms with Crippen molar-refractivity contribution >= 4 is 63.9 Å². The van der Waals surface area contributed by atoms with Crippen LogP contribution in [0.4, 0.5) is 0 Å². The Balaban J connectivity index is 1.48. The molecule has 1 atom stereocenters. The Bertz CT molecular complexity index is 2280. The van der Waals surface area contributed by atoms with Crippen LogP contribution in [0.1, 0.15) is 60.5 Å². The van der Waals surface area contributed by atoms with Gasteiger partial charge in [0.1, 0.15) is 6.61 Å². The van der Waals surface area contributed by atoms with Crippen molar-refractivity contribution in [3.05, 3.63) is 153 Å². The van der Waals surface area contributed by atoms with Crippen molar-refractivity contribution in [2.45, 2.75) is 39.3 Å². The van der Waals surface area contributed by atoms with Crippen molar-refractivity contribution in [1.29, 1.82) is 0 Å². The average Bonchev–Trinajstić information content (AvgIpc) is 3.42. The minimum Gasteiger partial charge on any atom is -0.493 e. The second kappa shape index (κ2) is 15.3. The van der Waals surface area contributed by atoms with Crippen LogP contribution in [0.3, 0.4) is 0 Å². The van der Waals surface area contributed by atoms with Crippen molar-refractivity contribution in [2.75, 3.05) is 13.7 Å². The van der Waals surface area contributed by atoms with E-state index in [1.165, 1.54) is 18.4 Å². The minimum absolute atomic E-state index is 0.170. The van der Waals surface area contributed by atoms with Crippen molar-refractivity contribution in [2.24, 2.45) is 4.99 Å². The van der Waals surface area contributed by atoms with Crippen molar-refractivity contribution in [3.63, 3.8) is 0 Å². The van der Waals surface area contributed by atoms with E-state index in [0.717, 1.165) is 22.3 Å². The number of rotatable bonds is 10. The summed E-state index contributed by atoms with van der Waals surface area (Å²) in [5, 5.41) is 1.16. The van der Waals surface area contributed by atoms with Gasteiger partial charge in [0.05, 0.1) is 50.6 Å². The van der Waals surface area contributed by atoms with Gasteiger partial charge in [-0.25, -0.2) is 9.79 Å². The molecule has 6 rings (SSSR count). The second-order valence-corrected chi connectivity index (χ2v) is 14.1. The van der Waals surface area contributed by atoms with E-state index in [2.05, 4.69) is 13.8 Å². The maximum atomic E-state index is 14.4. The number of benzene rings is 4. The molecule has 11 heteroatoms. The maximum absolute atomic E-state index is 14.4. The van der Waals surface area contributed by atoms with E-state index < -0.39 is 12.0 Å². The fourth-order valence-electron chi connectivity index (χ4n) is 5.72. The number of hydrogen-bond donors (Lipinski definition) is 0. The molecular formula is C39H33Cl3N2O5S. The van der Waals surface area contributed by atoms with Gasteiger partial charge in [-0.1, -0.05) is 121 Å². The number of methoxy groups -OCH3 is 1. The lowest BCUT2D eigenvalue weighted by molar-refractivity contribution is -0.138. The number of ether oxygens (including phenoxy) is 3. The molecular weight excluding hydrogens is 715 g/mol. The fraction of sp³-hybridized carbons (Fsp3) is 0.205. The molecule has 0 spiro atoms. The Morgan fingerprint density at radius 3 is 2.36 bits per heavy atom. The molecule has 0 N–H and O–H groups in total. The van der Waals surface area contributed by atoms with E-state index in [0.29, 0.717) is 58.7 Å². The minimum atomic E-state index is -0.779. The molecule has 0 saturated carbocycles. The molecule has 1 aliphatic rings. The SMILES string of the molecule is CCOC(=O)C1=C(c2ccccc2)N=c2s/c(=C\c3cc(Cl)c(OCc4ccc(Cl)c(Cl)c4)c(OC)c3)c(=O)n2[C@H]1c1ccc(C(C)C)cc1. The van der Waals surface area contributed by atoms with Gasteiger partial charge < -0.3 is 14.2 Å². The summed E-state index contributed by atoms with van der Waals surface area (Å²) >= 11 is 20.2. The van der Waals surface area contributed by atoms with E-state index in [1.54, 1.807) is 41.8 Å². The summed E-state index contributed by atoms with van der Waals surface area (Å²) in [5.41, 5.74) is 4.51. The summed E-state index contributed by atoms with van der Waals surface area (Å²) < 4.78 is 19.2. The van der Waals surface area contributed by atoms with Crippen molar-refractivity contribution in [1.82, 2.24) is 4.57 Å². The first-order valence-electron chi connectivity index (χ1n) is 15.9. The van der Waals surface area contributed by atoms with Gasteiger partial charge in [0, 0.05) is 5.56 Å². The third-order valence-electron chi connectivity index (χ3n) is 8.21. The normalized spacial score (nSPS) is 14.4. The zero-order valence-corrected chi connectivity index (χ0v) is 30.8. The quantitative estimate of drug-likeness (QED) is 0.134. The summed E-state index contributed by atoms with van der Waals surface area (Å²) in [6.45, 7) is 6.33. The van der Waals surface area contributed by atoms with Crippen LogP contribution in [-0.2, 0) is 16.1 Å². The predicted molar refractivity (Wildman–Crippen MR) is 200 cm³/mol. The largest absolute Gasteiger partial charge is 0.493 e. The first kappa shape index (κ1) is 35.5. The highest BCUT2D eigenvalue weighted by molar-refractivity contribution is 7.07. The van der Waals surface area contributed by atoms with Crippen molar-refractivity contribution < 1.29 is 19.0 Å². The number of nitrogens with zero attached hydrogens (tertiary/aromatic N) is 2. The molecule has 0 bridgehead atoms. The first-order chi connectivity index (χ1) is 24.1. The van der Waals surface area contributed by atoms with Gasteiger partial charge in [0.2, 0.25) is 0 Å². The third kappa shape index (κ3) is 7.25. The van der Waals surface area contributed by atoms with Crippen LogP contribution in [0.25, 0.3) is 11.8 Å². The van der Waals surface area contributed by atoms with Crippen molar-refractivity contribution in [3.8, 4) is 11.5 Å². The summed E-state index contributed by atoms with van der Waals surface area (Å²) in [4.78, 5) is 33.5. The van der Waals surface area contributed by atoms with Crippen LogP contribution in [0.2, 0.25) is 15.1 Å². The number of aromatic nitrogens is 1. The molecule has 4 aromatic carbocycles. The Morgan fingerprint density at radius 2 is 1.70 bits per heavy atom. The summed E-state index contributed by atoms with van der Waals surface area (Å²) in [6, 6.07) is 25.3. The summed E-state index contributed by atoms with van der Waals surface area (Å²) in [7, 11) is 1.52. The third-order valence-corrected chi connectivity index (χ3v) is 10.2. The molecule has 0 aliphatic carbocycles. The highest BCUT2D eigenvalue weighted by atomic mass is 35.5. The smallest absolute Gasteiger partial charge is 0.338 e. The van der Waals surface area contributed by atoms with Crippen LogP contribution in [0.5, 0.6) is 11.5 Å². The van der Waals surface area contributed by atoms with Gasteiger partial charge in [-0.15, -0.1) is 0 Å². The number of carbonyl (C=O) groups is 1. The maximum Gasteiger partial charge on any atom is 0.338 e. The average molecular weight is 748 g/mol. The number of fused-ring (bicyclic) bond motifs is 1. The van der Waals surface area contributed by atoms with Gasteiger partial charge in [-0.3, -0.25) is 9.36 Å². The van der Waals surface area contributed by atoms with Crippen LogP contribution in [0, 0.1) is 0 Å². The van der Waals surface area contributed by atoms with E-state index in [9.17, 15) is 9.59 Å². The first-order valence-corrected chi connectivity index (χ1v) is 17.9. The van der Waals surface area contributed by atoms with Gasteiger partial charge >= 0.3 is 5.97 Å². The Morgan fingerprint density at radius 1 is 0.960 bits per heavy atom. The molecule has 0 unspecified atom stereocenters. The van der Waals surface area contributed by atoms with Crippen LogP contribution < -0.4 is 24.4 Å². The standard InChI is InChI=1S/C39H33Cl3N2O5S/c1-5-48-38(46)33-34(26-9-7-6-8-10-26)43-39-44(35(33)27-14-12-25(13-15-27)22(2)3)37(45)32(50-39)20-24-18-30(42)36(31(19-24)47-4)49-21-23-11-16-28(40)29(41)17-23/h6-20,22,35H,5,21H2,1-4H3/b32-20-/t35-/m0/s1. The lowest BCUT2D eigenvalue weighted by atomic mass is 9.91. The lowest BCUT2D eigenvalue weighted by Crippen LogP contribution is -2.40. The Labute approximate surface area is 308 Å². The highest BCUT2D eigenvalue weighted by Crippen LogP contribution is 2.38. The zero-order valence-electron chi connectivity index (χ0n) is 27.7. The molecule has 256 valence electrons. The molecule has 0 radical (unpaired) electrons. The molecule has 2 heterocycles. The van der Waals surface area contributed by atoms with E-state index >= 15 is 0 Å². The number of esters is 1. The van der Waals surface area contributed by atoms with Gasteiger partial charge in [-0.05, 0) is 65.4 Å². The molecule has 50 heavy (non-hydrogen) atoms. The molecule has 0 saturated heterocycles. The van der Waals surface area contributed by atoms with Gasteiger partial charge in [0.25, 0.3) is 5.56 Å². The second-order valence-electron chi connectivity index (χ2n) is 11.8. The highest BCUT2D eigenvalue weighted by Gasteiger charge is 2.35. The molecule has 1 aliphatic heterocycles. The Kier molecular flexibility index (Phi) is 10.8. The topological polar surface area (TPSA) is 79.1 Å². The van der Waals surface area contributed by atoms with Crippen LogP contribution in [-0.4, -0.2) is 24.3 Å². The summed E-state index contributed by atoms with van der Waals surface area (Å²) in [6.07, 6.45) is 1.73.